The van der Waals surface area contributed by atoms with E-state index in [2.05, 4.69) is 14.8 Å². The largest absolute Gasteiger partial charge is 0.450 e. The summed E-state index contributed by atoms with van der Waals surface area (Å²) < 4.78 is 5.27. The van der Waals surface area contributed by atoms with Crippen LogP contribution in [0, 0.1) is 0 Å². The predicted molar refractivity (Wildman–Crippen MR) is 107 cm³/mol. The van der Waals surface area contributed by atoms with E-state index in [0.717, 1.165) is 57.7 Å². The van der Waals surface area contributed by atoms with Gasteiger partial charge in [-0.1, -0.05) is 0 Å². The van der Waals surface area contributed by atoms with Crippen molar-refractivity contribution in [3.05, 3.63) is 23.9 Å². The first-order valence-electron chi connectivity index (χ1n) is 10.5. The minimum absolute atomic E-state index is 0.0488. The second-order valence-electron chi connectivity index (χ2n) is 8.10. The van der Waals surface area contributed by atoms with Crippen molar-refractivity contribution in [1.29, 1.82) is 0 Å². The van der Waals surface area contributed by atoms with Crippen LogP contribution in [0.15, 0.2) is 18.3 Å². The molecule has 7 heteroatoms. The maximum absolute atomic E-state index is 12.3. The van der Waals surface area contributed by atoms with Gasteiger partial charge in [0.15, 0.2) is 5.78 Å². The molecule has 0 spiro atoms. The van der Waals surface area contributed by atoms with E-state index in [9.17, 15) is 9.59 Å². The van der Waals surface area contributed by atoms with Crippen molar-refractivity contribution in [2.75, 3.05) is 37.7 Å². The van der Waals surface area contributed by atoms with Gasteiger partial charge >= 0.3 is 6.09 Å². The summed E-state index contributed by atoms with van der Waals surface area (Å²) >= 11 is 0. The van der Waals surface area contributed by atoms with Crippen LogP contribution >= 0.6 is 0 Å². The lowest BCUT2D eigenvalue weighted by Crippen LogP contribution is -2.56. The van der Waals surface area contributed by atoms with Gasteiger partial charge in [0.25, 0.3) is 0 Å². The number of amides is 1. The summed E-state index contributed by atoms with van der Waals surface area (Å²) in [5, 5.41) is 0. The van der Waals surface area contributed by atoms with Gasteiger partial charge in [-0.05, 0) is 51.7 Å². The van der Waals surface area contributed by atoms with Gasteiger partial charge in [0, 0.05) is 56.1 Å². The molecule has 3 saturated heterocycles. The molecule has 0 radical (unpaired) electrons. The average molecular weight is 386 g/mol. The summed E-state index contributed by atoms with van der Waals surface area (Å²) in [6.07, 6.45) is 5.87. The number of carbonyl (C=O) groups is 2. The summed E-state index contributed by atoms with van der Waals surface area (Å²) in [7, 11) is 0. The van der Waals surface area contributed by atoms with Crippen molar-refractivity contribution in [3.63, 3.8) is 0 Å². The first-order valence-corrected chi connectivity index (χ1v) is 10.5. The number of carbonyl (C=O) groups excluding carboxylic acids is 2. The van der Waals surface area contributed by atoms with Gasteiger partial charge < -0.3 is 14.5 Å². The van der Waals surface area contributed by atoms with Crippen LogP contribution in [0.25, 0.3) is 0 Å². The fourth-order valence-corrected chi connectivity index (χ4v) is 5.04. The van der Waals surface area contributed by atoms with Crippen LogP contribution in [-0.2, 0) is 4.74 Å². The maximum atomic E-state index is 12.3. The second-order valence-corrected chi connectivity index (χ2v) is 8.10. The number of Topliss-reactive ketones (excluding diaryl/α,β-unsaturated/α-hetero) is 1. The third-order valence-electron chi connectivity index (χ3n) is 6.50. The van der Waals surface area contributed by atoms with Crippen LogP contribution < -0.4 is 4.90 Å². The predicted octanol–water partition coefficient (Wildman–Crippen LogP) is 2.56. The highest BCUT2D eigenvalue weighted by Crippen LogP contribution is 2.38. The molecule has 2 bridgehead atoms. The highest BCUT2D eigenvalue weighted by molar-refractivity contribution is 5.93. The van der Waals surface area contributed by atoms with Crippen LogP contribution in [0.1, 0.15) is 49.9 Å². The normalized spacial score (nSPS) is 27.7. The molecule has 28 heavy (non-hydrogen) atoms. The zero-order valence-electron chi connectivity index (χ0n) is 16.8. The number of hydrogen-bond donors (Lipinski definition) is 0. The molecule has 3 fully saturated rings. The van der Waals surface area contributed by atoms with Gasteiger partial charge in [-0.15, -0.1) is 0 Å². The highest BCUT2D eigenvalue weighted by Gasteiger charge is 2.45. The monoisotopic (exact) mass is 386 g/mol. The Bertz CT molecular complexity index is 701. The van der Waals surface area contributed by atoms with E-state index in [1.165, 1.54) is 0 Å². The average Bonchev–Trinajstić information content (AvgIpc) is 2.98. The van der Waals surface area contributed by atoms with Crippen molar-refractivity contribution in [3.8, 4) is 0 Å². The Balaban J connectivity index is 1.32. The Morgan fingerprint density at radius 2 is 1.75 bits per heavy atom. The van der Waals surface area contributed by atoms with Crippen molar-refractivity contribution in [1.82, 2.24) is 14.8 Å². The Morgan fingerprint density at radius 3 is 2.29 bits per heavy atom. The minimum Gasteiger partial charge on any atom is -0.450 e. The van der Waals surface area contributed by atoms with Gasteiger partial charge in [0.2, 0.25) is 0 Å². The summed E-state index contributed by atoms with van der Waals surface area (Å²) in [6.45, 7) is 7.80. The quantitative estimate of drug-likeness (QED) is 0.741. The summed E-state index contributed by atoms with van der Waals surface area (Å²) in [4.78, 5) is 35.0. The summed E-state index contributed by atoms with van der Waals surface area (Å²) in [5.41, 5.74) is 0.659. The molecule has 2 unspecified atom stereocenters. The molecule has 0 N–H and O–H groups in total. The van der Waals surface area contributed by atoms with Crippen molar-refractivity contribution < 1.29 is 14.3 Å². The van der Waals surface area contributed by atoms with E-state index in [1.54, 1.807) is 13.1 Å². The first kappa shape index (κ1) is 19.2. The van der Waals surface area contributed by atoms with E-state index >= 15 is 0 Å². The molecule has 1 aromatic heterocycles. The third kappa shape index (κ3) is 3.72. The van der Waals surface area contributed by atoms with E-state index in [0.29, 0.717) is 30.3 Å². The van der Waals surface area contributed by atoms with Gasteiger partial charge in [-0.3, -0.25) is 9.69 Å². The van der Waals surface area contributed by atoms with Crippen molar-refractivity contribution >= 4 is 17.7 Å². The first-order chi connectivity index (χ1) is 13.6. The summed E-state index contributed by atoms with van der Waals surface area (Å²) in [5.74, 6) is 0.995. The number of rotatable bonds is 4. The molecule has 2 atom stereocenters. The zero-order valence-corrected chi connectivity index (χ0v) is 16.8. The number of hydrogen-bond acceptors (Lipinski definition) is 6. The molecule has 0 aliphatic carbocycles. The molecule has 0 saturated carbocycles. The van der Waals surface area contributed by atoms with Crippen LogP contribution in [-0.4, -0.2) is 77.6 Å². The molecule has 1 amide bonds. The molecule has 1 aromatic rings. The Morgan fingerprint density at radius 1 is 1.07 bits per heavy atom. The van der Waals surface area contributed by atoms with Crippen molar-refractivity contribution in [2.24, 2.45) is 0 Å². The van der Waals surface area contributed by atoms with Gasteiger partial charge in [-0.25, -0.2) is 9.78 Å². The van der Waals surface area contributed by atoms with Gasteiger partial charge in [-0.2, -0.15) is 0 Å². The van der Waals surface area contributed by atoms with E-state index in [4.69, 9.17) is 4.74 Å². The molecular weight excluding hydrogens is 356 g/mol. The highest BCUT2D eigenvalue weighted by atomic mass is 16.6. The second kappa shape index (κ2) is 8.07. The molecule has 3 aliphatic heterocycles. The number of fused-ring (bicyclic) bond motifs is 2. The number of nitrogens with zero attached hydrogens (tertiary/aromatic N) is 4. The number of aromatic nitrogens is 1. The van der Waals surface area contributed by atoms with Gasteiger partial charge in [0.05, 0.1) is 6.61 Å². The lowest BCUT2D eigenvalue weighted by molar-refractivity contribution is 0.0396. The lowest BCUT2D eigenvalue weighted by Gasteiger charge is -2.45. The fourth-order valence-electron chi connectivity index (χ4n) is 5.04. The van der Waals surface area contributed by atoms with Crippen LogP contribution in [0.2, 0.25) is 0 Å². The van der Waals surface area contributed by atoms with Crippen LogP contribution in [0.5, 0.6) is 0 Å². The van der Waals surface area contributed by atoms with Crippen molar-refractivity contribution in [2.45, 2.75) is 57.7 Å². The number of piperazine rings is 1. The molecule has 4 heterocycles. The lowest BCUT2D eigenvalue weighted by atomic mass is 9.95. The molecule has 0 aromatic carbocycles. The minimum atomic E-state index is -0.127. The molecular formula is C21H30N4O3. The topological polar surface area (TPSA) is 66.0 Å². The molecule has 152 valence electrons. The molecule has 7 nitrogen and oxygen atoms in total. The Kier molecular flexibility index (Phi) is 5.53. The molecule has 4 rings (SSSR count). The number of piperidine rings is 1. The van der Waals surface area contributed by atoms with E-state index in [-0.39, 0.29) is 11.9 Å². The fraction of sp³-hybridized carbons (Fsp3) is 0.667. The smallest absolute Gasteiger partial charge is 0.410 e. The number of pyridine rings is 1. The van der Waals surface area contributed by atoms with Crippen LogP contribution in [0.3, 0.4) is 0 Å². The number of anilines is 1. The van der Waals surface area contributed by atoms with E-state index in [1.807, 2.05) is 24.0 Å². The Labute approximate surface area is 166 Å². The number of ketones is 1. The third-order valence-corrected chi connectivity index (χ3v) is 6.50. The SMILES string of the molecule is CCOC(=O)N1C2CCC1CC(N1CCN(c3ccc(C(C)=O)cn3)CC1)C2. The molecule has 3 aliphatic rings. The summed E-state index contributed by atoms with van der Waals surface area (Å²) in [6, 6.07) is 5.03. The van der Waals surface area contributed by atoms with Crippen LogP contribution in [0.4, 0.5) is 10.6 Å². The Hall–Kier alpha value is -2.15. The van der Waals surface area contributed by atoms with Gasteiger partial charge in [0.1, 0.15) is 5.82 Å². The van der Waals surface area contributed by atoms with E-state index < -0.39 is 0 Å². The zero-order chi connectivity index (χ0) is 19.7. The standard InChI is InChI=1S/C21H30N4O3/c1-3-28-21(27)25-17-5-6-18(25)13-19(12-17)23-8-10-24(11-9-23)20-7-4-16(14-22-20)15(2)26/h4,7,14,17-19H,3,5-6,8-13H2,1-2H3. The number of ether oxygens (including phenoxy) is 1. The maximum Gasteiger partial charge on any atom is 0.410 e.